The van der Waals surface area contributed by atoms with Crippen LogP contribution < -0.4 is 0 Å². The van der Waals surface area contributed by atoms with Crippen molar-refractivity contribution in [1.82, 2.24) is 0 Å². The predicted molar refractivity (Wildman–Crippen MR) is 47.9 cm³/mol. The molecule has 0 amide bonds. The monoisotopic (exact) mass is 168 g/mol. The molecule has 0 aromatic carbocycles. The highest BCUT2D eigenvalue weighted by molar-refractivity contribution is 5.97. The second kappa shape index (κ2) is 2.92. The van der Waals surface area contributed by atoms with E-state index in [2.05, 4.69) is 13.8 Å². The van der Waals surface area contributed by atoms with Crippen LogP contribution in [0.5, 0.6) is 0 Å². The number of carbonyl (C=O) groups is 1. The summed E-state index contributed by atoms with van der Waals surface area (Å²) in [6.45, 7) is 6.17. The van der Waals surface area contributed by atoms with Crippen LogP contribution in [0.25, 0.3) is 0 Å². The molecule has 0 aromatic heterocycles. The maximum Gasteiger partial charge on any atom is 0.164 e. The number of hydrogen-bond acceptors (Lipinski definition) is 2. The number of carbonyl (C=O) groups excluding carboxylic acids is 1. The highest BCUT2D eigenvalue weighted by atomic mass is 16.2. The fourth-order valence-corrected chi connectivity index (χ4v) is 2.02. The molecule has 1 atom stereocenters. The van der Waals surface area contributed by atoms with E-state index in [9.17, 15) is 4.79 Å². The Morgan fingerprint density at radius 3 is 2.67 bits per heavy atom. The molecule has 12 heavy (non-hydrogen) atoms. The van der Waals surface area contributed by atoms with Crippen LogP contribution >= 0.6 is 0 Å². The Bertz CT molecular complexity index is 226. The summed E-state index contributed by atoms with van der Waals surface area (Å²) in [5.41, 5.74) is 0.737. The average molecular weight is 168 g/mol. The molecule has 0 saturated heterocycles. The van der Waals surface area contributed by atoms with Gasteiger partial charge in [0.2, 0.25) is 0 Å². The highest BCUT2D eigenvalue weighted by Crippen LogP contribution is 2.38. The predicted octanol–water partition coefficient (Wildman–Crippen LogP) is 2.45. The van der Waals surface area contributed by atoms with Crippen molar-refractivity contribution in [1.29, 1.82) is 0 Å². The Labute approximate surface area is 73.3 Å². The standard InChI is InChI=1S/C10H16O2/c1-7-4-10(2,3)5-8(6-11)9(7)12/h6-7,11H,4-5H2,1-3H3/b8-6-. The van der Waals surface area contributed by atoms with E-state index in [4.69, 9.17) is 5.11 Å². The van der Waals surface area contributed by atoms with E-state index in [0.29, 0.717) is 12.0 Å². The summed E-state index contributed by atoms with van der Waals surface area (Å²) in [7, 11) is 0. The zero-order chi connectivity index (χ0) is 9.35. The summed E-state index contributed by atoms with van der Waals surface area (Å²) in [6.07, 6.45) is 2.59. The number of aliphatic hydroxyl groups excluding tert-OH is 1. The molecule has 2 nitrogen and oxygen atoms in total. The van der Waals surface area contributed by atoms with Gasteiger partial charge in [-0.1, -0.05) is 20.8 Å². The fourth-order valence-electron chi connectivity index (χ4n) is 2.02. The molecule has 68 valence electrons. The molecule has 1 rings (SSSR count). The van der Waals surface area contributed by atoms with E-state index in [0.717, 1.165) is 12.7 Å². The van der Waals surface area contributed by atoms with Gasteiger partial charge in [-0.25, -0.2) is 0 Å². The quantitative estimate of drug-likeness (QED) is 0.445. The lowest BCUT2D eigenvalue weighted by atomic mass is 9.70. The van der Waals surface area contributed by atoms with Gasteiger partial charge < -0.3 is 5.11 Å². The Morgan fingerprint density at radius 1 is 1.58 bits per heavy atom. The van der Waals surface area contributed by atoms with Crippen LogP contribution in [-0.4, -0.2) is 10.9 Å². The third kappa shape index (κ3) is 1.68. The smallest absolute Gasteiger partial charge is 0.164 e. The first kappa shape index (κ1) is 9.30. The lowest BCUT2D eigenvalue weighted by molar-refractivity contribution is -0.121. The molecule has 1 fully saturated rings. The average Bonchev–Trinajstić information content (AvgIpc) is 1.96. The van der Waals surface area contributed by atoms with Crippen LogP contribution in [0.15, 0.2) is 11.8 Å². The third-order valence-electron chi connectivity index (χ3n) is 2.45. The van der Waals surface area contributed by atoms with Crippen molar-refractivity contribution in [3.8, 4) is 0 Å². The van der Waals surface area contributed by atoms with Crippen LogP contribution in [0, 0.1) is 11.3 Å². The largest absolute Gasteiger partial charge is 0.515 e. The van der Waals surface area contributed by atoms with Crippen molar-refractivity contribution in [2.45, 2.75) is 33.6 Å². The van der Waals surface area contributed by atoms with Crippen molar-refractivity contribution in [2.24, 2.45) is 11.3 Å². The van der Waals surface area contributed by atoms with Gasteiger partial charge in [0.15, 0.2) is 5.78 Å². The number of rotatable bonds is 0. The van der Waals surface area contributed by atoms with Crippen molar-refractivity contribution in [3.63, 3.8) is 0 Å². The topological polar surface area (TPSA) is 37.3 Å². The molecular weight excluding hydrogens is 152 g/mol. The zero-order valence-electron chi connectivity index (χ0n) is 7.92. The van der Waals surface area contributed by atoms with Gasteiger partial charge in [-0.2, -0.15) is 0 Å². The first-order chi connectivity index (χ1) is 5.46. The number of hydrogen-bond donors (Lipinski definition) is 1. The summed E-state index contributed by atoms with van der Waals surface area (Å²) in [5.74, 6) is 0.170. The van der Waals surface area contributed by atoms with E-state index >= 15 is 0 Å². The van der Waals surface area contributed by atoms with E-state index in [1.54, 1.807) is 0 Å². The molecule has 1 aliphatic rings. The second-order valence-electron chi connectivity index (χ2n) is 4.46. The third-order valence-corrected chi connectivity index (χ3v) is 2.45. The SMILES string of the molecule is CC1CC(C)(C)C/C(=C/O)C1=O. The molecule has 0 aliphatic heterocycles. The maximum atomic E-state index is 11.4. The first-order valence-corrected chi connectivity index (χ1v) is 4.34. The van der Waals surface area contributed by atoms with Gasteiger partial charge in [-0.15, -0.1) is 0 Å². The van der Waals surface area contributed by atoms with Gasteiger partial charge in [0.1, 0.15) is 0 Å². The van der Waals surface area contributed by atoms with Crippen LogP contribution in [-0.2, 0) is 4.79 Å². The Morgan fingerprint density at radius 2 is 2.17 bits per heavy atom. The zero-order valence-corrected chi connectivity index (χ0v) is 7.92. The molecule has 0 aromatic rings. The Hall–Kier alpha value is -0.790. The minimum absolute atomic E-state index is 0.0622. The molecule has 0 heterocycles. The molecule has 0 radical (unpaired) electrons. The summed E-state index contributed by atoms with van der Waals surface area (Å²) in [5, 5.41) is 8.83. The lowest BCUT2D eigenvalue weighted by Crippen LogP contribution is -2.30. The Balaban J connectivity index is 2.86. The van der Waals surface area contributed by atoms with Crippen molar-refractivity contribution >= 4 is 5.78 Å². The first-order valence-electron chi connectivity index (χ1n) is 4.34. The van der Waals surface area contributed by atoms with Crippen LogP contribution in [0.1, 0.15) is 33.6 Å². The summed E-state index contributed by atoms with van der Waals surface area (Å²) in [4.78, 5) is 11.4. The van der Waals surface area contributed by atoms with E-state index < -0.39 is 0 Å². The van der Waals surface area contributed by atoms with Crippen molar-refractivity contribution < 1.29 is 9.90 Å². The van der Waals surface area contributed by atoms with E-state index in [1.807, 2.05) is 6.92 Å². The van der Waals surface area contributed by atoms with Crippen molar-refractivity contribution in [2.75, 3.05) is 0 Å². The van der Waals surface area contributed by atoms with Crippen molar-refractivity contribution in [3.05, 3.63) is 11.8 Å². The number of allylic oxidation sites excluding steroid dienone is 1. The normalized spacial score (nSPS) is 32.4. The number of Topliss-reactive ketones (excluding diaryl/α,β-unsaturated/α-hetero) is 1. The molecule has 1 aliphatic carbocycles. The second-order valence-corrected chi connectivity index (χ2v) is 4.46. The highest BCUT2D eigenvalue weighted by Gasteiger charge is 2.34. The summed E-state index contributed by atoms with van der Waals surface area (Å²) in [6, 6.07) is 0. The van der Waals surface area contributed by atoms with Gasteiger partial charge in [-0.3, -0.25) is 4.79 Å². The van der Waals surface area contributed by atoms with E-state index in [-0.39, 0.29) is 17.1 Å². The number of ketones is 1. The Kier molecular flexibility index (Phi) is 2.27. The van der Waals surface area contributed by atoms with Gasteiger partial charge in [0.25, 0.3) is 0 Å². The van der Waals surface area contributed by atoms with Gasteiger partial charge in [-0.05, 0) is 18.3 Å². The van der Waals surface area contributed by atoms with Crippen LogP contribution in [0.2, 0.25) is 0 Å². The molecule has 0 bridgehead atoms. The number of aliphatic hydroxyl groups is 1. The molecule has 1 unspecified atom stereocenters. The molecule has 1 N–H and O–H groups in total. The van der Waals surface area contributed by atoms with Crippen LogP contribution in [0.3, 0.4) is 0 Å². The summed E-state index contributed by atoms with van der Waals surface area (Å²) < 4.78 is 0. The molecular formula is C10H16O2. The van der Waals surface area contributed by atoms with Gasteiger partial charge in [0, 0.05) is 11.5 Å². The minimum Gasteiger partial charge on any atom is -0.515 e. The van der Waals surface area contributed by atoms with Gasteiger partial charge in [0.05, 0.1) is 6.26 Å². The molecule has 0 spiro atoms. The molecule has 1 saturated carbocycles. The van der Waals surface area contributed by atoms with Crippen LogP contribution in [0.4, 0.5) is 0 Å². The van der Waals surface area contributed by atoms with Gasteiger partial charge >= 0.3 is 0 Å². The summed E-state index contributed by atoms with van der Waals surface area (Å²) >= 11 is 0. The fraction of sp³-hybridized carbons (Fsp3) is 0.700. The lowest BCUT2D eigenvalue weighted by Gasteiger charge is -2.33. The minimum atomic E-state index is 0.0622. The molecule has 2 heteroatoms. The van der Waals surface area contributed by atoms with E-state index in [1.165, 1.54) is 0 Å². The maximum absolute atomic E-state index is 11.4.